The van der Waals surface area contributed by atoms with Gasteiger partial charge in [-0.1, -0.05) is 0 Å². The van der Waals surface area contributed by atoms with Crippen molar-refractivity contribution in [3.8, 4) is 17.2 Å². The fraction of sp³-hybridized carbons (Fsp3) is 0.455. The Bertz CT molecular complexity index is 890. The monoisotopic (exact) mass is 434 g/mol. The van der Waals surface area contributed by atoms with Crippen LogP contribution >= 0.6 is 0 Å². The van der Waals surface area contributed by atoms with Gasteiger partial charge in [0.1, 0.15) is 11.5 Å². The van der Waals surface area contributed by atoms with Crippen molar-refractivity contribution in [2.75, 3.05) is 12.5 Å². The number of rotatable bonds is 8. The average molecular weight is 435 g/mol. The van der Waals surface area contributed by atoms with Crippen molar-refractivity contribution in [3.05, 3.63) is 18.2 Å². The molecule has 0 aliphatic carbocycles. The molecule has 0 aromatic heterocycles. The molecular weight excluding hydrogens is 416 g/mol. The van der Waals surface area contributed by atoms with E-state index in [1.807, 2.05) is 0 Å². The summed E-state index contributed by atoms with van der Waals surface area (Å²) in [4.78, 5) is 0. The van der Waals surface area contributed by atoms with Gasteiger partial charge in [-0.2, -0.15) is 25.3 Å². The highest BCUT2D eigenvalue weighted by atomic mass is 32.3. The molecule has 0 fully saturated rings. The van der Waals surface area contributed by atoms with Gasteiger partial charge >= 0.3 is 30.6 Å². The highest BCUT2D eigenvalue weighted by Crippen LogP contribution is 2.30. The summed E-state index contributed by atoms with van der Waals surface area (Å²) in [7, 11) is -14.9. The highest BCUT2D eigenvalue weighted by Gasteiger charge is 2.27. The van der Waals surface area contributed by atoms with Gasteiger partial charge in [0, 0.05) is 18.2 Å². The van der Waals surface area contributed by atoms with Crippen LogP contribution in [0.2, 0.25) is 19.6 Å². The van der Waals surface area contributed by atoms with E-state index in [4.69, 9.17) is 8.06 Å². The second-order valence-electron chi connectivity index (χ2n) is 5.90. The first kappa shape index (κ1) is 21.7. The maximum Gasteiger partial charge on any atom is 0.438 e. The molecular formula is C11H18O10S3Si. The van der Waals surface area contributed by atoms with Gasteiger partial charge in [0.25, 0.3) is 0 Å². The third-order valence-electron chi connectivity index (χ3n) is 1.90. The minimum Gasteiger partial charge on any atom is -0.382 e. The molecule has 1 aromatic rings. The summed E-state index contributed by atoms with van der Waals surface area (Å²) in [5, 5.41) is 0. The molecule has 0 saturated carbocycles. The Balaban J connectivity index is 3.29. The first-order valence-electron chi connectivity index (χ1n) is 6.53. The van der Waals surface area contributed by atoms with Gasteiger partial charge < -0.3 is 12.5 Å². The van der Waals surface area contributed by atoms with Crippen LogP contribution in [0, 0.1) is 0 Å². The van der Waals surface area contributed by atoms with Crippen molar-refractivity contribution < 1.29 is 41.7 Å². The number of hydrogen-bond acceptors (Lipinski definition) is 10. The summed E-state index contributed by atoms with van der Waals surface area (Å²) in [6.07, 6.45) is 1.51. The molecule has 0 heterocycles. The van der Waals surface area contributed by atoms with Gasteiger partial charge in [-0.15, -0.1) is 0 Å². The predicted octanol–water partition coefficient (Wildman–Crippen LogP) is 0.839. The molecule has 0 radical (unpaired) electrons. The van der Waals surface area contributed by atoms with Crippen molar-refractivity contribution in [1.82, 2.24) is 0 Å². The fourth-order valence-electron chi connectivity index (χ4n) is 1.48. The van der Waals surface area contributed by atoms with Crippen LogP contribution in [0.1, 0.15) is 0 Å². The molecule has 0 N–H and O–H groups in total. The molecule has 0 spiro atoms. The lowest BCUT2D eigenvalue weighted by Crippen LogP contribution is -2.31. The molecule has 0 amide bonds. The quantitative estimate of drug-likeness (QED) is 0.427. The van der Waals surface area contributed by atoms with Crippen LogP contribution in [0.5, 0.6) is 17.2 Å². The molecule has 0 saturated heterocycles. The maximum atomic E-state index is 11.9. The molecule has 0 bridgehead atoms. The zero-order valence-corrected chi connectivity index (χ0v) is 17.5. The first-order valence-corrected chi connectivity index (χ1v) is 14.9. The molecule has 25 heavy (non-hydrogen) atoms. The zero-order chi connectivity index (χ0) is 19.7. The Kier molecular flexibility index (Phi) is 6.16. The second-order valence-corrected chi connectivity index (χ2v) is 14.9. The number of benzene rings is 1. The molecule has 0 aliphatic rings. The molecule has 0 aliphatic heterocycles. The molecule has 144 valence electrons. The summed E-state index contributed by atoms with van der Waals surface area (Å²) in [5.74, 6) is -1.25. The smallest absolute Gasteiger partial charge is 0.382 e. The van der Waals surface area contributed by atoms with Crippen LogP contribution in [0.4, 0.5) is 0 Å². The van der Waals surface area contributed by atoms with Crippen LogP contribution in [0.15, 0.2) is 18.2 Å². The zero-order valence-electron chi connectivity index (χ0n) is 14.0. The summed E-state index contributed by atoms with van der Waals surface area (Å²) >= 11 is 0. The summed E-state index contributed by atoms with van der Waals surface area (Å²) in [6.45, 7) is 4.82. The van der Waals surface area contributed by atoms with E-state index in [0.717, 1.165) is 30.7 Å². The summed E-state index contributed by atoms with van der Waals surface area (Å²) in [5.41, 5.74) is 0. The summed E-state index contributed by atoms with van der Waals surface area (Å²) < 4.78 is 87.5. The van der Waals surface area contributed by atoms with E-state index in [1.54, 1.807) is 19.6 Å². The minimum atomic E-state index is -4.46. The van der Waals surface area contributed by atoms with Crippen LogP contribution in [-0.4, -0.2) is 46.1 Å². The van der Waals surface area contributed by atoms with E-state index < -0.39 is 56.2 Å². The third-order valence-corrected chi connectivity index (χ3v) is 6.10. The van der Waals surface area contributed by atoms with E-state index in [-0.39, 0.29) is 0 Å². The number of hydrogen-bond donors (Lipinski definition) is 0. The van der Waals surface area contributed by atoms with Crippen LogP contribution in [-0.2, 0) is 34.5 Å². The molecule has 0 unspecified atom stereocenters. The lowest BCUT2D eigenvalue weighted by Gasteiger charge is -2.17. The molecule has 1 rings (SSSR count). The molecule has 0 atom stereocenters. The van der Waals surface area contributed by atoms with E-state index in [1.165, 1.54) is 0 Å². The van der Waals surface area contributed by atoms with Crippen molar-refractivity contribution in [2.24, 2.45) is 0 Å². The normalized spacial score (nSPS) is 13.3. The molecule has 14 heteroatoms. The highest BCUT2D eigenvalue weighted by molar-refractivity contribution is 7.86. The van der Waals surface area contributed by atoms with E-state index in [0.29, 0.717) is 0 Å². The predicted molar refractivity (Wildman–Crippen MR) is 91.4 cm³/mol. The molecule has 1 aromatic carbocycles. The summed E-state index contributed by atoms with van der Waals surface area (Å²) in [6, 6.07) is 2.81. The van der Waals surface area contributed by atoms with Crippen molar-refractivity contribution in [2.45, 2.75) is 19.6 Å². The van der Waals surface area contributed by atoms with Gasteiger partial charge in [-0.3, -0.25) is 3.87 Å². The lowest BCUT2D eigenvalue weighted by molar-refractivity contribution is 0.390. The van der Waals surface area contributed by atoms with Gasteiger partial charge in [0.15, 0.2) is 5.75 Å². The van der Waals surface area contributed by atoms with Crippen LogP contribution in [0.3, 0.4) is 0 Å². The van der Waals surface area contributed by atoms with E-state index in [9.17, 15) is 25.3 Å². The van der Waals surface area contributed by atoms with Crippen molar-refractivity contribution in [3.63, 3.8) is 0 Å². The van der Waals surface area contributed by atoms with Crippen LogP contribution < -0.4 is 12.5 Å². The Hall–Kier alpha value is -1.35. The van der Waals surface area contributed by atoms with Gasteiger partial charge in [0.2, 0.25) is 8.32 Å². The van der Waals surface area contributed by atoms with E-state index in [2.05, 4.69) is 8.37 Å². The van der Waals surface area contributed by atoms with E-state index >= 15 is 0 Å². The average Bonchev–Trinajstić information content (AvgIpc) is 2.17. The van der Waals surface area contributed by atoms with Gasteiger partial charge in [-0.05, 0) is 19.6 Å². The standard InChI is InChI=1S/C11H18O10S3Si/c1-22(12,13)18-9-6-10(19-23(2,14)15)8-11(7-9)20-24(16,17)21-25(3,4)5/h6-8H,1-5H3. The van der Waals surface area contributed by atoms with Crippen molar-refractivity contribution in [1.29, 1.82) is 0 Å². The second kappa shape index (κ2) is 7.11. The lowest BCUT2D eigenvalue weighted by atomic mass is 10.3. The largest absolute Gasteiger partial charge is 0.438 e. The Morgan fingerprint density at radius 1 is 0.680 bits per heavy atom. The van der Waals surface area contributed by atoms with Gasteiger partial charge in [0.05, 0.1) is 12.5 Å². The fourth-order valence-corrected chi connectivity index (χ4v) is 5.29. The Morgan fingerprint density at radius 3 is 1.28 bits per heavy atom. The maximum absolute atomic E-state index is 11.9. The van der Waals surface area contributed by atoms with Crippen molar-refractivity contribution >= 4 is 39.0 Å². The Labute approximate surface area is 148 Å². The first-order chi connectivity index (χ1) is 10.9. The Morgan fingerprint density at radius 2 is 1.00 bits per heavy atom. The molecule has 10 nitrogen and oxygen atoms in total. The topological polar surface area (TPSA) is 139 Å². The third kappa shape index (κ3) is 9.64. The minimum absolute atomic E-state index is 0.401. The van der Waals surface area contributed by atoms with Gasteiger partial charge in [-0.25, -0.2) is 0 Å². The van der Waals surface area contributed by atoms with Crippen LogP contribution in [0.25, 0.3) is 0 Å². The SMILES string of the molecule is C[Si](C)(C)OS(=O)(=O)Oc1cc(OS(C)(=O)=O)cc(OS(C)(=O)=O)c1.